The van der Waals surface area contributed by atoms with E-state index >= 15 is 0 Å². The molecule has 0 spiro atoms. The Kier molecular flexibility index (Phi) is 7.11. The van der Waals surface area contributed by atoms with Crippen LogP contribution in [0.4, 0.5) is 5.69 Å². The SMILES string of the molecule is C=CCn1ncc(NCCN(C(C)C)C(C)C)c(Br)c1=O. The zero-order chi connectivity index (χ0) is 16.0. The monoisotopic (exact) mass is 356 g/mol. The number of halogens is 1. The quantitative estimate of drug-likeness (QED) is 0.727. The summed E-state index contributed by atoms with van der Waals surface area (Å²) >= 11 is 3.34. The van der Waals surface area contributed by atoms with E-state index in [0.717, 1.165) is 18.8 Å². The van der Waals surface area contributed by atoms with Crippen molar-refractivity contribution in [2.75, 3.05) is 18.4 Å². The van der Waals surface area contributed by atoms with Gasteiger partial charge in [0, 0.05) is 25.2 Å². The molecule has 0 aromatic carbocycles. The van der Waals surface area contributed by atoms with Crippen LogP contribution in [0.1, 0.15) is 27.7 Å². The second kappa shape index (κ2) is 8.34. The summed E-state index contributed by atoms with van der Waals surface area (Å²) in [6.45, 7) is 14.5. The summed E-state index contributed by atoms with van der Waals surface area (Å²) in [4.78, 5) is 14.4. The molecule has 0 fully saturated rings. The van der Waals surface area contributed by atoms with Gasteiger partial charge in [0.25, 0.3) is 5.56 Å². The fourth-order valence-corrected chi connectivity index (χ4v) is 2.72. The van der Waals surface area contributed by atoms with Gasteiger partial charge in [0.2, 0.25) is 0 Å². The molecule has 6 heteroatoms. The lowest BCUT2D eigenvalue weighted by atomic mass is 10.2. The molecule has 0 bridgehead atoms. The van der Waals surface area contributed by atoms with Crippen molar-refractivity contribution in [1.29, 1.82) is 0 Å². The van der Waals surface area contributed by atoms with Gasteiger partial charge in [-0.15, -0.1) is 6.58 Å². The van der Waals surface area contributed by atoms with Gasteiger partial charge in [-0.2, -0.15) is 5.10 Å². The average molecular weight is 357 g/mol. The maximum absolute atomic E-state index is 12.0. The lowest BCUT2D eigenvalue weighted by molar-refractivity contribution is 0.182. The molecular weight excluding hydrogens is 332 g/mol. The molecule has 118 valence electrons. The highest BCUT2D eigenvalue weighted by atomic mass is 79.9. The largest absolute Gasteiger partial charge is 0.381 e. The van der Waals surface area contributed by atoms with Crippen molar-refractivity contribution in [3.8, 4) is 0 Å². The number of anilines is 1. The van der Waals surface area contributed by atoms with Gasteiger partial charge < -0.3 is 5.32 Å². The second-order valence-corrected chi connectivity index (χ2v) is 6.29. The summed E-state index contributed by atoms with van der Waals surface area (Å²) in [6, 6.07) is 0.989. The Morgan fingerprint density at radius 1 is 1.43 bits per heavy atom. The Morgan fingerprint density at radius 2 is 2.05 bits per heavy atom. The molecule has 0 saturated carbocycles. The molecule has 1 heterocycles. The van der Waals surface area contributed by atoms with Gasteiger partial charge in [-0.05, 0) is 43.6 Å². The summed E-state index contributed by atoms with van der Waals surface area (Å²) in [5.74, 6) is 0. The first-order valence-electron chi connectivity index (χ1n) is 7.24. The third kappa shape index (κ3) is 4.97. The molecule has 1 aromatic rings. The molecule has 0 radical (unpaired) electrons. The lowest BCUT2D eigenvalue weighted by Crippen LogP contribution is -2.40. The van der Waals surface area contributed by atoms with Gasteiger partial charge in [-0.3, -0.25) is 9.69 Å². The van der Waals surface area contributed by atoms with E-state index in [4.69, 9.17) is 0 Å². The van der Waals surface area contributed by atoms with Crippen molar-refractivity contribution in [3.05, 3.63) is 33.7 Å². The molecule has 0 aliphatic heterocycles. The van der Waals surface area contributed by atoms with Crippen molar-refractivity contribution < 1.29 is 0 Å². The van der Waals surface area contributed by atoms with Crippen molar-refractivity contribution in [1.82, 2.24) is 14.7 Å². The Bertz CT molecular complexity index is 517. The van der Waals surface area contributed by atoms with E-state index < -0.39 is 0 Å². The zero-order valence-electron chi connectivity index (χ0n) is 13.3. The summed E-state index contributed by atoms with van der Waals surface area (Å²) in [6.07, 6.45) is 3.32. The summed E-state index contributed by atoms with van der Waals surface area (Å²) in [7, 11) is 0. The number of nitrogens with one attached hydrogen (secondary N) is 1. The van der Waals surface area contributed by atoms with Crippen LogP contribution in [0.3, 0.4) is 0 Å². The highest BCUT2D eigenvalue weighted by molar-refractivity contribution is 9.10. The first kappa shape index (κ1) is 17.9. The fraction of sp³-hybridized carbons (Fsp3) is 0.600. The van der Waals surface area contributed by atoms with Crippen LogP contribution in [0.25, 0.3) is 0 Å². The molecule has 21 heavy (non-hydrogen) atoms. The van der Waals surface area contributed by atoms with E-state index in [1.165, 1.54) is 4.68 Å². The number of allylic oxidation sites excluding steroid dienone is 1. The standard InChI is InChI=1S/C15H25BrN4O/c1-6-8-20-15(21)14(16)13(10-18-20)17-7-9-19(11(2)3)12(4)5/h6,10-12,17H,1,7-9H2,2-5H3. The van der Waals surface area contributed by atoms with Gasteiger partial charge in [-0.1, -0.05) is 6.08 Å². The van der Waals surface area contributed by atoms with E-state index in [9.17, 15) is 4.79 Å². The molecular formula is C15H25BrN4O. The Balaban J connectivity index is 2.70. The van der Waals surface area contributed by atoms with Gasteiger partial charge in [0.15, 0.2) is 0 Å². The van der Waals surface area contributed by atoms with Gasteiger partial charge in [0.05, 0.1) is 18.4 Å². The first-order valence-corrected chi connectivity index (χ1v) is 8.03. The van der Waals surface area contributed by atoms with E-state index in [1.807, 2.05) is 0 Å². The molecule has 0 atom stereocenters. The van der Waals surface area contributed by atoms with Crippen LogP contribution in [0.15, 0.2) is 28.1 Å². The van der Waals surface area contributed by atoms with Crippen molar-refractivity contribution >= 4 is 21.6 Å². The number of hydrogen-bond acceptors (Lipinski definition) is 4. The average Bonchev–Trinajstić information content (AvgIpc) is 2.41. The van der Waals surface area contributed by atoms with Crippen molar-refractivity contribution in [3.63, 3.8) is 0 Å². The third-order valence-electron chi connectivity index (χ3n) is 3.30. The second-order valence-electron chi connectivity index (χ2n) is 5.50. The summed E-state index contributed by atoms with van der Waals surface area (Å²) in [5.41, 5.74) is 0.581. The highest BCUT2D eigenvalue weighted by Gasteiger charge is 2.13. The predicted octanol–water partition coefficient (Wildman–Crippen LogP) is 2.72. The molecule has 1 aromatic heterocycles. The lowest BCUT2D eigenvalue weighted by Gasteiger charge is -2.30. The Hall–Kier alpha value is -1.14. The Morgan fingerprint density at radius 3 is 2.57 bits per heavy atom. The van der Waals surface area contributed by atoms with Crippen LogP contribution >= 0.6 is 15.9 Å². The summed E-state index contributed by atoms with van der Waals surface area (Å²) in [5, 5.41) is 7.40. The van der Waals surface area contributed by atoms with Crippen molar-refractivity contribution in [2.24, 2.45) is 0 Å². The van der Waals surface area contributed by atoms with Crippen LogP contribution in [-0.4, -0.2) is 39.9 Å². The Labute approximate surface area is 135 Å². The van der Waals surface area contributed by atoms with Crippen LogP contribution < -0.4 is 10.9 Å². The molecule has 0 amide bonds. The number of aromatic nitrogens is 2. The first-order chi connectivity index (χ1) is 9.88. The minimum atomic E-state index is -0.149. The fourth-order valence-electron chi connectivity index (χ4n) is 2.27. The van der Waals surface area contributed by atoms with Gasteiger partial charge >= 0.3 is 0 Å². The number of hydrogen-bond donors (Lipinski definition) is 1. The van der Waals surface area contributed by atoms with Crippen LogP contribution in [-0.2, 0) is 6.54 Å². The number of rotatable bonds is 8. The van der Waals surface area contributed by atoms with Crippen LogP contribution in [0.5, 0.6) is 0 Å². The third-order valence-corrected chi connectivity index (χ3v) is 4.07. The van der Waals surface area contributed by atoms with Crippen LogP contribution in [0.2, 0.25) is 0 Å². The molecule has 1 rings (SSSR count). The maximum Gasteiger partial charge on any atom is 0.283 e. The van der Waals surface area contributed by atoms with Gasteiger partial charge in [-0.25, -0.2) is 4.68 Å². The van der Waals surface area contributed by atoms with Gasteiger partial charge in [0.1, 0.15) is 4.47 Å². The van der Waals surface area contributed by atoms with E-state index in [0.29, 0.717) is 23.1 Å². The highest BCUT2D eigenvalue weighted by Crippen LogP contribution is 2.16. The molecule has 0 unspecified atom stereocenters. The minimum Gasteiger partial charge on any atom is -0.381 e. The maximum atomic E-state index is 12.0. The van der Waals surface area contributed by atoms with E-state index in [-0.39, 0.29) is 5.56 Å². The molecule has 1 N–H and O–H groups in total. The smallest absolute Gasteiger partial charge is 0.283 e. The zero-order valence-corrected chi connectivity index (χ0v) is 14.9. The topological polar surface area (TPSA) is 50.2 Å². The minimum absolute atomic E-state index is 0.149. The van der Waals surface area contributed by atoms with E-state index in [2.05, 4.69) is 65.5 Å². The predicted molar refractivity (Wildman–Crippen MR) is 91.9 cm³/mol. The molecule has 0 aliphatic rings. The number of nitrogens with zero attached hydrogens (tertiary/aromatic N) is 3. The van der Waals surface area contributed by atoms with Crippen molar-refractivity contribution in [2.45, 2.75) is 46.3 Å². The van der Waals surface area contributed by atoms with E-state index in [1.54, 1.807) is 12.3 Å². The van der Waals surface area contributed by atoms with Crippen LogP contribution in [0, 0.1) is 0 Å². The summed E-state index contributed by atoms with van der Waals surface area (Å²) < 4.78 is 1.89. The molecule has 0 saturated heterocycles. The molecule has 0 aliphatic carbocycles. The normalized spacial score (nSPS) is 11.4. The molecule has 5 nitrogen and oxygen atoms in total.